The van der Waals surface area contributed by atoms with Crippen molar-refractivity contribution in [2.24, 2.45) is 11.8 Å². The van der Waals surface area contributed by atoms with Gasteiger partial charge in [0, 0.05) is 25.2 Å². The SMILES string of the molecule is CCCCCCC[C@@H](O)/C=C/[C@@H]1[C@H]2CC(=O)O[C@H]2C[C@H]1OC(C)=O. The summed E-state index contributed by atoms with van der Waals surface area (Å²) in [5.74, 6) is -0.503. The first-order valence-corrected chi connectivity index (χ1v) is 9.24. The van der Waals surface area contributed by atoms with Gasteiger partial charge in [-0.15, -0.1) is 0 Å². The number of carbonyl (C=O) groups excluding carboxylic acids is 2. The lowest BCUT2D eigenvalue weighted by molar-refractivity contribution is -0.149. The fourth-order valence-corrected chi connectivity index (χ4v) is 3.81. The predicted octanol–water partition coefficient (Wildman–Crippen LogP) is 3.15. The highest BCUT2D eigenvalue weighted by atomic mass is 16.6. The zero-order valence-electron chi connectivity index (χ0n) is 14.8. The molecule has 0 bridgehead atoms. The van der Waals surface area contributed by atoms with Gasteiger partial charge < -0.3 is 14.6 Å². The molecule has 0 aromatic carbocycles. The van der Waals surface area contributed by atoms with E-state index in [1.165, 1.54) is 26.2 Å². The Morgan fingerprint density at radius 1 is 1.38 bits per heavy atom. The number of aliphatic hydroxyl groups is 1. The Bertz CT molecular complexity index is 459. The molecule has 2 rings (SSSR count). The van der Waals surface area contributed by atoms with Crippen molar-refractivity contribution in [3.8, 4) is 0 Å². The predicted molar refractivity (Wildman–Crippen MR) is 90.2 cm³/mol. The Kier molecular flexibility index (Phi) is 7.28. The first kappa shape index (κ1) is 19.0. The fourth-order valence-electron chi connectivity index (χ4n) is 3.81. The number of hydrogen-bond acceptors (Lipinski definition) is 5. The van der Waals surface area contributed by atoms with E-state index in [-0.39, 0.29) is 36.0 Å². The Morgan fingerprint density at radius 2 is 2.12 bits per heavy atom. The zero-order chi connectivity index (χ0) is 17.5. The number of ether oxygens (including phenoxy) is 2. The highest BCUT2D eigenvalue weighted by Gasteiger charge is 2.50. The summed E-state index contributed by atoms with van der Waals surface area (Å²) in [5.41, 5.74) is 0. The lowest BCUT2D eigenvalue weighted by atomic mass is 9.91. The minimum atomic E-state index is -0.485. The number of rotatable bonds is 9. The van der Waals surface area contributed by atoms with Gasteiger partial charge in [-0.3, -0.25) is 9.59 Å². The fraction of sp³-hybridized carbons (Fsp3) is 0.789. The molecule has 1 saturated heterocycles. The van der Waals surface area contributed by atoms with Crippen LogP contribution in [0.15, 0.2) is 12.2 Å². The number of fused-ring (bicyclic) bond motifs is 1. The summed E-state index contributed by atoms with van der Waals surface area (Å²) >= 11 is 0. The molecule has 1 aliphatic carbocycles. The van der Waals surface area contributed by atoms with Crippen LogP contribution in [0, 0.1) is 11.8 Å². The van der Waals surface area contributed by atoms with Gasteiger partial charge in [-0.25, -0.2) is 0 Å². The van der Waals surface area contributed by atoms with Crippen molar-refractivity contribution < 1.29 is 24.2 Å². The van der Waals surface area contributed by atoms with Crippen LogP contribution < -0.4 is 0 Å². The Morgan fingerprint density at radius 3 is 2.83 bits per heavy atom. The van der Waals surface area contributed by atoms with E-state index < -0.39 is 6.10 Å². The van der Waals surface area contributed by atoms with Crippen LogP contribution in [-0.4, -0.2) is 35.4 Å². The van der Waals surface area contributed by atoms with Gasteiger partial charge in [0.2, 0.25) is 0 Å². The maximum atomic E-state index is 11.5. The van der Waals surface area contributed by atoms with E-state index in [4.69, 9.17) is 9.47 Å². The lowest BCUT2D eigenvalue weighted by Crippen LogP contribution is -2.23. The van der Waals surface area contributed by atoms with Gasteiger partial charge in [0.05, 0.1) is 12.5 Å². The third-order valence-corrected chi connectivity index (χ3v) is 5.03. The summed E-state index contributed by atoms with van der Waals surface area (Å²) in [6.07, 6.45) is 10.3. The van der Waals surface area contributed by atoms with Crippen LogP contribution in [-0.2, 0) is 19.1 Å². The van der Waals surface area contributed by atoms with Crippen molar-refractivity contribution in [3.63, 3.8) is 0 Å². The molecule has 1 N–H and O–H groups in total. The summed E-state index contributed by atoms with van der Waals surface area (Å²) in [6, 6.07) is 0. The molecule has 1 heterocycles. The van der Waals surface area contributed by atoms with Crippen LogP contribution in [0.4, 0.5) is 0 Å². The first-order valence-electron chi connectivity index (χ1n) is 9.24. The Labute approximate surface area is 144 Å². The quantitative estimate of drug-likeness (QED) is 0.397. The minimum Gasteiger partial charge on any atom is -0.462 e. The van der Waals surface area contributed by atoms with Gasteiger partial charge in [0.15, 0.2) is 0 Å². The molecule has 0 radical (unpaired) electrons. The molecule has 1 aliphatic heterocycles. The standard InChI is InChI=1S/C19H30O5/c1-3-4-5-6-7-8-14(21)9-10-15-16-11-19(22)24-18(16)12-17(15)23-13(2)20/h9-10,14-18,21H,3-8,11-12H2,1-2H3/b10-9+/t14-,15-,16-,17-,18+/m1/s1. The molecule has 0 aromatic heterocycles. The van der Waals surface area contributed by atoms with Crippen molar-refractivity contribution in [1.29, 1.82) is 0 Å². The van der Waals surface area contributed by atoms with Gasteiger partial charge in [0.25, 0.3) is 0 Å². The van der Waals surface area contributed by atoms with E-state index >= 15 is 0 Å². The Hall–Kier alpha value is -1.36. The molecule has 1 saturated carbocycles. The second-order valence-electron chi connectivity index (χ2n) is 7.01. The molecular weight excluding hydrogens is 308 g/mol. The van der Waals surface area contributed by atoms with E-state index in [2.05, 4.69) is 6.92 Å². The second kappa shape index (κ2) is 9.21. The van der Waals surface area contributed by atoms with E-state index in [1.807, 2.05) is 6.08 Å². The van der Waals surface area contributed by atoms with E-state index in [9.17, 15) is 14.7 Å². The molecule has 5 heteroatoms. The van der Waals surface area contributed by atoms with Crippen LogP contribution in [0.2, 0.25) is 0 Å². The molecule has 2 aliphatic rings. The van der Waals surface area contributed by atoms with Gasteiger partial charge in [-0.2, -0.15) is 0 Å². The maximum absolute atomic E-state index is 11.5. The largest absolute Gasteiger partial charge is 0.462 e. The molecule has 0 unspecified atom stereocenters. The summed E-state index contributed by atoms with van der Waals surface area (Å²) in [6.45, 7) is 3.58. The molecule has 24 heavy (non-hydrogen) atoms. The maximum Gasteiger partial charge on any atom is 0.306 e. The normalized spacial score (nSPS) is 30.4. The number of aliphatic hydroxyl groups excluding tert-OH is 1. The van der Waals surface area contributed by atoms with Crippen LogP contribution in [0.3, 0.4) is 0 Å². The zero-order valence-corrected chi connectivity index (χ0v) is 14.8. The van der Waals surface area contributed by atoms with E-state index in [0.29, 0.717) is 12.8 Å². The number of carbonyl (C=O) groups is 2. The second-order valence-corrected chi connectivity index (χ2v) is 7.01. The summed E-state index contributed by atoms with van der Waals surface area (Å²) < 4.78 is 10.7. The monoisotopic (exact) mass is 338 g/mol. The van der Waals surface area contributed by atoms with Gasteiger partial charge in [0.1, 0.15) is 12.2 Å². The molecule has 0 spiro atoms. The molecule has 0 aromatic rings. The van der Waals surface area contributed by atoms with Crippen LogP contribution in [0.5, 0.6) is 0 Å². The van der Waals surface area contributed by atoms with Gasteiger partial charge in [-0.1, -0.05) is 51.2 Å². The molecule has 5 atom stereocenters. The van der Waals surface area contributed by atoms with E-state index in [0.717, 1.165) is 19.3 Å². The molecular formula is C19H30O5. The van der Waals surface area contributed by atoms with Crippen LogP contribution in [0.25, 0.3) is 0 Å². The van der Waals surface area contributed by atoms with Crippen LogP contribution >= 0.6 is 0 Å². The van der Waals surface area contributed by atoms with Crippen molar-refractivity contribution >= 4 is 11.9 Å². The Balaban J connectivity index is 1.86. The first-order chi connectivity index (χ1) is 11.5. The summed E-state index contributed by atoms with van der Waals surface area (Å²) in [4.78, 5) is 22.8. The highest BCUT2D eigenvalue weighted by Crippen LogP contribution is 2.43. The molecule has 136 valence electrons. The average molecular weight is 338 g/mol. The van der Waals surface area contributed by atoms with Crippen molar-refractivity contribution in [3.05, 3.63) is 12.2 Å². The smallest absolute Gasteiger partial charge is 0.306 e. The van der Waals surface area contributed by atoms with Crippen molar-refractivity contribution in [2.75, 3.05) is 0 Å². The molecule has 5 nitrogen and oxygen atoms in total. The number of hydrogen-bond donors (Lipinski definition) is 1. The van der Waals surface area contributed by atoms with Gasteiger partial charge in [-0.05, 0) is 6.42 Å². The topological polar surface area (TPSA) is 72.8 Å². The molecule has 0 amide bonds. The van der Waals surface area contributed by atoms with Crippen molar-refractivity contribution in [1.82, 2.24) is 0 Å². The third kappa shape index (κ3) is 5.33. The summed E-state index contributed by atoms with van der Waals surface area (Å²) in [7, 11) is 0. The highest BCUT2D eigenvalue weighted by molar-refractivity contribution is 5.72. The number of unbranched alkanes of at least 4 members (excludes halogenated alkanes) is 4. The molecule has 2 fully saturated rings. The van der Waals surface area contributed by atoms with E-state index in [1.54, 1.807) is 6.08 Å². The van der Waals surface area contributed by atoms with Crippen LogP contribution in [0.1, 0.15) is 65.2 Å². The summed E-state index contributed by atoms with van der Waals surface area (Å²) in [5, 5.41) is 10.1. The number of esters is 2. The third-order valence-electron chi connectivity index (χ3n) is 5.03. The lowest BCUT2D eigenvalue weighted by Gasteiger charge is -2.19. The average Bonchev–Trinajstić information content (AvgIpc) is 3.00. The van der Waals surface area contributed by atoms with Gasteiger partial charge >= 0.3 is 11.9 Å². The van der Waals surface area contributed by atoms with Crippen molar-refractivity contribution in [2.45, 2.75) is 83.5 Å². The minimum absolute atomic E-state index is 0.0508.